The van der Waals surface area contributed by atoms with Crippen LogP contribution in [0.15, 0.2) is 11.1 Å². The van der Waals surface area contributed by atoms with Crippen LogP contribution in [0.3, 0.4) is 0 Å². The molecule has 0 heterocycles. The van der Waals surface area contributed by atoms with E-state index in [1.54, 1.807) is 0 Å². The van der Waals surface area contributed by atoms with E-state index in [1.165, 1.54) is 5.57 Å². The number of allylic oxidation sites excluding steroid dienone is 1. The first-order valence-corrected chi connectivity index (χ1v) is 6.60. The zero-order valence-corrected chi connectivity index (χ0v) is 11.7. The van der Waals surface area contributed by atoms with Crippen LogP contribution in [-0.2, 0) is 14.3 Å². The largest absolute Gasteiger partial charge is 0.460 e. The number of carbonyl (C=O) groups excluding carboxylic acids is 1. The van der Waals surface area contributed by atoms with E-state index in [1.807, 2.05) is 6.92 Å². The Morgan fingerprint density at radius 1 is 1.00 bits per heavy atom. The molecule has 0 amide bonds. The SMILES string of the molecule is CCCCOCCOC(=O)C(C)=C(CC)CC. The van der Waals surface area contributed by atoms with Crippen molar-refractivity contribution in [1.82, 2.24) is 0 Å². The molecule has 0 spiro atoms. The maximum absolute atomic E-state index is 11.7. The summed E-state index contributed by atoms with van der Waals surface area (Å²) in [5, 5.41) is 0. The molecule has 0 radical (unpaired) electrons. The summed E-state index contributed by atoms with van der Waals surface area (Å²) in [5.74, 6) is -0.206. The average Bonchev–Trinajstić information content (AvgIpc) is 2.34. The predicted octanol–water partition coefficient (Wildman–Crippen LogP) is 3.48. The van der Waals surface area contributed by atoms with Crippen molar-refractivity contribution in [1.29, 1.82) is 0 Å². The summed E-state index contributed by atoms with van der Waals surface area (Å²) in [5.41, 5.74) is 1.92. The first-order chi connectivity index (χ1) is 8.17. The first-order valence-electron chi connectivity index (χ1n) is 6.60. The Balaban J connectivity index is 3.82. The molecular weight excluding hydrogens is 216 g/mol. The van der Waals surface area contributed by atoms with Crippen molar-refractivity contribution in [3.8, 4) is 0 Å². The maximum atomic E-state index is 11.7. The molecule has 0 aliphatic carbocycles. The lowest BCUT2D eigenvalue weighted by molar-refractivity contribution is -0.140. The van der Waals surface area contributed by atoms with Crippen LogP contribution in [0.2, 0.25) is 0 Å². The average molecular weight is 242 g/mol. The smallest absolute Gasteiger partial charge is 0.333 e. The molecule has 0 fully saturated rings. The minimum absolute atomic E-state index is 0.206. The molecule has 100 valence electrons. The molecule has 0 rings (SSSR count). The number of carbonyl (C=O) groups is 1. The standard InChI is InChI=1S/C14H26O3/c1-5-8-9-16-10-11-17-14(15)12(4)13(6-2)7-3/h5-11H2,1-4H3. The van der Waals surface area contributed by atoms with Gasteiger partial charge in [-0.1, -0.05) is 32.8 Å². The van der Waals surface area contributed by atoms with Crippen molar-refractivity contribution in [2.45, 2.75) is 53.4 Å². The van der Waals surface area contributed by atoms with Gasteiger partial charge in [-0.3, -0.25) is 0 Å². The molecule has 0 saturated heterocycles. The highest BCUT2D eigenvalue weighted by Crippen LogP contribution is 2.13. The van der Waals surface area contributed by atoms with E-state index >= 15 is 0 Å². The number of hydrogen-bond acceptors (Lipinski definition) is 3. The van der Waals surface area contributed by atoms with Gasteiger partial charge in [-0.25, -0.2) is 4.79 Å². The second kappa shape index (κ2) is 10.3. The third-order valence-corrected chi connectivity index (χ3v) is 2.79. The number of rotatable bonds is 9. The Morgan fingerprint density at radius 2 is 1.65 bits per heavy atom. The first kappa shape index (κ1) is 16.2. The lowest BCUT2D eigenvalue weighted by Gasteiger charge is -2.09. The van der Waals surface area contributed by atoms with Gasteiger partial charge in [-0.15, -0.1) is 0 Å². The van der Waals surface area contributed by atoms with Crippen LogP contribution in [0.1, 0.15) is 53.4 Å². The van der Waals surface area contributed by atoms with E-state index in [0.29, 0.717) is 13.2 Å². The summed E-state index contributed by atoms with van der Waals surface area (Å²) in [6.07, 6.45) is 4.00. The lowest BCUT2D eigenvalue weighted by Crippen LogP contribution is -2.13. The van der Waals surface area contributed by atoms with Gasteiger partial charge in [-0.2, -0.15) is 0 Å². The van der Waals surface area contributed by atoms with Gasteiger partial charge in [0.1, 0.15) is 6.61 Å². The summed E-state index contributed by atoms with van der Waals surface area (Å²) in [6.45, 7) is 9.66. The zero-order valence-electron chi connectivity index (χ0n) is 11.7. The van der Waals surface area contributed by atoms with Gasteiger partial charge in [0, 0.05) is 12.2 Å². The molecule has 0 aromatic carbocycles. The Hall–Kier alpha value is -0.830. The zero-order chi connectivity index (χ0) is 13.1. The Labute approximate surface area is 105 Å². The normalized spacial score (nSPS) is 10.1. The molecule has 0 saturated carbocycles. The molecule has 3 nitrogen and oxygen atoms in total. The van der Waals surface area contributed by atoms with Crippen molar-refractivity contribution in [3.63, 3.8) is 0 Å². The number of unbranched alkanes of at least 4 members (excludes halogenated alkanes) is 1. The molecule has 0 aliphatic rings. The monoisotopic (exact) mass is 242 g/mol. The van der Waals surface area contributed by atoms with E-state index in [0.717, 1.165) is 37.9 Å². The summed E-state index contributed by atoms with van der Waals surface area (Å²) in [6, 6.07) is 0. The van der Waals surface area contributed by atoms with Crippen LogP contribution >= 0.6 is 0 Å². The molecule has 0 bridgehead atoms. The summed E-state index contributed by atoms with van der Waals surface area (Å²) in [7, 11) is 0. The van der Waals surface area contributed by atoms with Crippen molar-refractivity contribution < 1.29 is 14.3 Å². The molecule has 0 unspecified atom stereocenters. The molecule has 0 aliphatic heterocycles. The van der Waals surface area contributed by atoms with E-state index in [-0.39, 0.29) is 5.97 Å². The van der Waals surface area contributed by atoms with E-state index in [9.17, 15) is 4.79 Å². The second-order valence-corrected chi connectivity index (χ2v) is 4.04. The predicted molar refractivity (Wildman–Crippen MR) is 70.0 cm³/mol. The quantitative estimate of drug-likeness (QED) is 0.353. The van der Waals surface area contributed by atoms with E-state index in [2.05, 4.69) is 20.8 Å². The van der Waals surface area contributed by atoms with Gasteiger partial charge in [0.2, 0.25) is 0 Å². The molecule has 17 heavy (non-hydrogen) atoms. The molecule has 3 heteroatoms. The Kier molecular flexibility index (Phi) is 9.83. The van der Waals surface area contributed by atoms with Crippen LogP contribution in [0, 0.1) is 0 Å². The molecule has 0 atom stereocenters. The fraction of sp³-hybridized carbons (Fsp3) is 0.786. The van der Waals surface area contributed by atoms with Crippen molar-refractivity contribution in [3.05, 3.63) is 11.1 Å². The lowest BCUT2D eigenvalue weighted by atomic mass is 10.1. The van der Waals surface area contributed by atoms with Crippen LogP contribution in [0.4, 0.5) is 0 Å². The fourth-order valence-corrected chi connectivity index (χ4v) is 1.57. The summed E-state index contributed by atoms with van der Waals surface area (Å²) < 4.78 is 10.5. The Bertz CT molecular complexity index is 238. The van der Waals surface area contributed by atoms with Crippen molar-refractivity contribution in [2.24, 2.45) is 0 Å². The topological polar surface area (TPSA) is 35.5 Å². The summed E-state index contributed by atoms with van der Waals surface area (Å²) >= 11 is 0. The molecule has 0 aromatic heterocycles. The number of ether oxygens (including phenoxy) is 2. The van der Waals surface area contributed by atoms with Gasteiger partial charge in [0.25, 0.3) is 0 Å². The molecule has 0 N–H and O–H groups in total. The third-order valence-electron chi connectivity index (χ3n) is 2.79. The highest BCUT2D eigenvalue weighted by atomic mass is 16.6. The second-order valence-electron chi connectivity index (χ2n) is 4.04. The third kappa shape index (κ3) is 7.16. The minimum atomic E-state index is -0.206. The highest BCUT2D eigenvalue weighted by Gasteiger charge is 2.09. The molecule has 0 aromatic rings. The minimum Gasteiger partial charge on any atom is -0.460 e. The van der Waals surface area contributed by atoms with E-state index < -0.39 is 0 Å². The maximum Gasteiger partial charge on any atom is 0.333 e. The van der Waals surface area contributed by atoms with Gasteiger partial charge in [0.05, 0.1) is 6.61 Å². The number of hydrogen-bond donors (Lipinski definition) is 0. The van der Waals surface area contributed by atoms with Gasteiger partial charge < -0.3 is 9.47 Å². The van der Waals surface area contributed by atoms with Gasteiger partial charge in [0.15, 0.2) is 0 Å². The van der Waals surface area contributed by atoms with Crippen LogP contribution in [0.5, 0.6) is 0 Å². The van der Waals surface area contributed by atoms with Gasteiger partial charge in [-0.05, 0) is 26.2 Å². The van der Waals surface area contributed by atoms with Crippen LogP contribution in [0.25, 0.3) is 0 Å². The van der Waals surface area contributed by atoms with Crippen molar-refractivity contribution >= 4 is 5.97 Å². The van der Waals surface area contributed by atoms with Gasteiger partial charge >= 0.3 is 5.97 Å². The van der Waals surface area contributed by atoms with E-state index in [4.69, 9.17) is 9.47 Å². The van der Waals surface area contributed by atoms with Crippen LogP contribution < -0.4 is 0 Å². The fourth-order valence-electron chi connectivity index (χ4n) is 1.57. The van der Waals surface area contributed by atoms with Crippen molar-refractivity contribution in [2.75, 3.05) is 19.8 Å². The summed E-state index contributed by atoms with van der Waals surface area (Å²) in [4.78, 5) is 11.7. The number of esters is 1. The Morgan fingerprint density at radius 3 is 2.18 bits per heavy atom. The highest BCUT2D eigenvalue weighted by molar-refractivity contribution is 5.88. The molecular formula is C14H26O3. The van der Waals surface area contributed by atoms with Crippen LogP contribution in [-0.4, -0.2) is 25.8 Å².